The predicted octanol–water partition coefficient (Wildman–Crippen LogP) is 4.31. The van der Waals surface area contributed by atoms with Gasteiger partial charge in [-0.1, -0.05) is 56.7 Å². The third-order valence-electron chi connectivity index (χ3n) is 3.40. The Morgan fingerprint density at radius 3 is 2.32 bits per heavy atom. The zero-order valence-corrected chi connectivity index (χ0v) is 13.6. The molecular weight excluding hydrogens is 274 g/mol. The Hall–Kier alpha value is -2.29. The number of carbonyl (C=O) groups excluding carboxylic acids is 1. The maximum Gasteiger partial charge on any atom is 0.262 e. The van der Waals surface area contributed by atoms with E-state index in [1.807, 2.05) is 55.5 Å². The average Bonchev–Trinajstić information content (AvgIpc) is 2.46. The zero-order chi connectivity index (χ0) is 16.2. The lowest BCUT2D eigenvalue weighted by atomic mass is 9.86. The van der Waals surface area contributed by atoms with E-state index in [9.17, 15) is 4.79 Å². The van der Waals surface area contributed by atoms with Gasteiger partial charge in [0.1, 0.15) is 5.75 Å². The van der Waals surface area contributed by atoms with E-state index in [-0.39, 0.29) is 17.9 Å². The number of benzene rings is 2. The number of carbonyl (C=O) groups is 1. The van der Waals surface area contributed by atoms with Gasteiger partial charge >= 0.3 is 0 Å². The Labute approximate surface area is 132 Å². The monoisotopic (exact) mass is 297 g/mol. The minimum Gasteiger partial charge on any atom is -0.484 e. The lowest BCUT2D eigenvalue weighted by Gasteiger charge is -2.23. The Morgan fingerprint density at radius 2 is 1.68 bits per heavy atom. The highest BCUT2D eigenvalue weighted by atomic mass is 16.5. The number of nitrogens with one attached hydrogen (secondary N) is 1. The summed E-state index contributed by atoms with van der Waals surface area (Å²) >= 11 is 0. The van der Waals surface area contributed by atoms with E-state index in [1.165, 1.54) is 0 Å². The molecule has 0 atom stereocenters. The molecule has 0 fully saturated rings. The van der Waals surface area contributed by atoms with Crippen LogP contribution in [0.25, 0.3) is 0 Å². The van der Waals surface area contributed by atoms with E-state index in [2.05, 4.69) is 26.1 Å². The smallest absolute Gasteiger partial charge is 0.262 e. The fraction of sp³-hybridized carbons (Fsp3) is 0.316. The molecule has 3 nitrogen and oxygen atoms in total. The molecule has 2 aromatic rings. The summed E-state index contributed by atoms with van der Waals surface area (Å²) in [6.07, 6.45) is 0. The molecule has 22 heavy (non-hydrogen) atoms. The second kappa shape index (κ2) is 6.65. The molecule has 116 valence electrons. The van der Waals surface area contributed by atoms with Crippen molar-refractivity contribution in [1.29, 1.82) is 0 Å². The number of hydrogen-bond donors (Lipinski definition) is 1. The topological polar surface area (TPSA) is 38.3 Å². The first-order chi connectivity index (χ1) is 10.4. The van der Waals surface area contributed by atoms with Crippen molar-refractivity contribution in [2.24, 2.45) is 0 Å². The molecule has 2 rings (SSSR count). The Kier molecular flexibility index (Phi) is 4.86. The molecule has 3 heteroatoms. The summed E-state index contributed by atoms with van der Waals surface area (Å²) in [6.45, 7) is 8.39. The second-order valence-electron chi connectivity index (χ2n) is 6.45. The van der Waals surface area contributed by atoms with Crippen LogP contribution in [0.5, 0.6) is 5.75 Å². The van der Waals surface area contributed by atoms with Crippen LogP contribution in [0.2, 0.25) is 0 Å². The predicted molar refractivity (Wildman–Crippen MR) is 90.4 cm³/mol. The maximum atomic E-state index is 12.1. The standard InChI is InChI=1S/C19H23NO2/c1-14-9-11-15(12-10-14)22-13-18(21)20-17-8-6-5-7-16(17)19(2,3)4/h5-12H,13H2,1-4H3,(H,20,21). The third kappa shape index (κ3) is 4.35. The van der Waals surface area contributed by atoms with Crippen LogP contribution in [-0.2, 0) is 10.2 Å². The van der Waals surface area contributed by atoms with Crippen LogP contribution in [-0.4, -0.2) is 12.5 Å². The van der Waals surface area contributed by atoms with Crippen molar-refractivity contribution in [1.82, 2.24) is 0 Å². The van der Waals surface area contributed by atoms with Crippen LogP contribution >= 0.6 is 0 Å². The van der Waals surface area contributed by atoms with E-state index in [0.29, 0.717) is 5.75 Å². The summed E-state index contributed by atoms with van der Waals surface area (Å²) in [5, 5.41) is 2.93. The summed E-state index contributed by atoms with van der Waals surface area (Å²) in [5.41, 5.74) is 3.09. The van der Waals surface area contributed by atoms with Crippen LogP contribution in [0.3, 0.4) is 0 Å². The number of aryl methyl sites for hydroxylation is 1. The average molecular weight is 297 g/mol. The summed E-state index contributed by atoms with van der Waals surface area (Å²) < 4.78 is 5.51. The lowest BCUT2D eigenvalue weighted by molar-refractivity contribution is -0.118. The largest absolute Gasteiger partial charge is 0.484 e. The number of para-hydroxylation sites is 1. The molecule has 0 saturated heterocycles. The Balaban J connectivity index is 1.99. The first-order valence-electron chi connectivity index (χ1n) is 7.45. The molecule has 0 radical (unpaired) electrons. The van der Waals surface area contributed by atoms with Crippen molar-refractivity contribution in [3.05, 3.63) is 59.7 Å². The molecular formula is C19H23NO2. The third-order valence-corrected chi connectivity index (χ3v) is 3.40. The highest BCUT2D eigenvalue weighted by Crippen LogP contribution is 2.29. The number of rotatable bonds is 4. The van der Waals surface area contributed by atoms with E-state index in [1.54, 1.807) is 0 Å². The van der Waals surface area contributed by atoms with Gasteiger partial charge in [-0.2, -0.15) is 0 Å². The second-order valence-corrected chi connectivity index (χ2v) is 6.45. The van der Waals surface area contributed by atoms with Gasteiger partial charge in [0, 0.05) is 5.69 Å². The maximum absolute atomic E-state index is 12.1. The van der Waals surface area contributed by atoms with Gasteiger partial charge in [0.15, 0.2) is 6.61 Å². The van der Waals surface area contributed by atoms with Gasteiger partial charge in [0.25, 0.3) is 5.91 Å². The number of hydrogen-bond acceptors (Lipinski definition) is 2. The first-order valence-corrected chi connectivity index (χ1v) is 7.45. The summed E-state index contributed by atoms with van der Waals surface area (Å²) in [4.78, 5) is 12.1. The van der Waals surface area contributed by atoms with Crippen LogP contribution in [0.1, 0.15) is 31.9 Å². The van der Waals surface area contributed by atoms with Crippen LogP contribution in [0.4, 0.5) is 5.69 Å². The van der Waals surface area contributed by atoms with Gasteiger partial charge in [-0.25, -0.2) is 0 Å². The Bertz CT molecular complexity index is 639. The van der Waals surface area contributed by atoms with Gasteiger partial charge in [-0.05, 0) is 36.1 Å². The molecule has 0 heterocycles. The van der Waals surface area contributed by atoms with Crippen molar-refractivity contribution < 1.29 is 9.53 Å². The SMILES string of the molecule is Cc1ccc(OCC(=O)Nc2ccccc2C(C)(C)C)cc1. The fourth-order valence-corrected chi connectivity index (χ4v) is 2.22. The number of ether oxygens (including phenoxy) is 1. The molecule has 0 aliphatic heterocycles. The highest BCUT2D eigenvalue weighted by Gasteiger charge is 2.18. The van der Waals surface area contributed by atoms with Crippen molar-refractivity contribution in [2.75, 3.05) is 11.9 Å². The minimum atomic E-state index is -0.155. The molecule has 2 aromatic carbocycles. The Morgan fingerprint density at radius 1 is 1.05 bits per heavy atom. The van der Waals surface area contributed by atoms with Gasteiger partial charge < -0.3 is 10.1 Å². The molecule has 0 spiro atoms. The zero-order valence-electron chi connectivity index (χ0n) is 13.6. The molecule has 0 aromatic heterocycles. The van der Waals surface area contributed by atoms with Gasteiger partial charge in [0.05, 0.1) is 0 Å². The normalized spacial score (nSPS) is 11.1. The minimum absolute atomic E-state index is 0.00153. The van der Waals surface area contributed by atoms with Crippen LogP contribution < -0.4 is 10.1 Å². The van der Waals surface area contributed by atoms with Crippen LogP contribution in [0, 0.1) is 6.92 Å². The molecule has 0 saturated carbocycles. The molecule has 0 aliphatic carbocycles. The fourth-order valence-electron chi connectivity index (χ4n) is 2.22. The van der Waals surface area contributed by atoms with Crippen molar-refractivity contribution >= 4 is 11.6 Å². The summed E-state index contributed by atoms with van der Waals surface area (Å²) in [6, 6.07) is 15.5. The van der Waals surface area contributed by atoms with Crippen molar-refractivity contribution in [3.8, 4) is 5.75 Å². The summed E-state index contributed by atoms with van der Waals surface area (Å²) in [5.74, 6) is 0.544. The molecule has 1 amide bonds. The van der Waals surface area contributed by atoms with Crippen LogP contribution in [0.15, 0.2) is 48.5 Å². The molecule has 0 bridgehead atoms. The van der Waals surface area contributed by atoms with Crippen molar-refractivity contribution in [3.63, 3.8) is 0 Å². The van der Waals surface area contributed by atoms with Gasteiger partial charge in [0.2, 0.25) is 0 Å². The van der Waals surface area contributed by atoms with Gasteiger partial charge in [-0.3, -0.25) is 4.79 Å². The first kappa shape index (κ1) is 16.1. The van der Waals surface area contributed by atoms with E-state index >= 15 is 0 Å². The van der Waals surface area contributed by atoms with E-state index in [4.69, 9.17) is 4.74 Å². The van der Waals surface area contributed by atoms with Gasteiger partial charge in [-0.15, -0.1) is 0 Å². The lowest BCUT2D eigenvalue weighted by Crippen LogP contribution is -2.23. The quantitative estimate of drug-likeness (QED) is 0.913. The van der Waals surface area contributed by atoms with E-state index in [0.717, 1.165) is 16.8 Å². The highest BCUT2D eigenvalue weighted by molar-refractivity contribution is 5.92. The van der Waals surface area contributed by atoms with Crippen molar-refractivity contribution in [2.45, 2.75) is 33.1 Å². The number of anilines is 1. The van der Waals surface area contributed by atoms with E-state index < -0.39 is 0 Å². The number of amides is 1. The molecule has 0 aliphatic rings. The molecule has 1 N–H and O–H groups in total. The summed E-state index contributed by atoms with van der Waals surface area (Å²) in [7, 11) is 0. The molecule has 0 unspecified atom stereocenters.